The monoisotopic (exact) mass is 281 g/mol. The van der Waals surface area contributed by atoms with Crippen molar-refractivity contribution < 1.29 is 14.7 Å². The average molecular weight is 281 g/mol. The SMILES string of the molecule is CC(C)CNC(=O)/C(C#N)=C\NC(CC(C)C)C(=O)O. The highest BCUT2D eigenvalue weighted by Gasteiger charge is 2.18. The van der Waals surface area contributed by atoms with Crippen LogP contribution in [0.25, 0.3) is 0 Å². The molecule has 3 N–H and O–H groups in total. The van der Waals surface area contributed by atoms with Gasteiger partial charge in [0.05, 0.1) is 0 Å². The number of hydrogen-bond donors (Lipinski definition) is 3. The standard InChI is InChI=1S/C14H23N3O3/c1-9(2)5-12(14(19)20)16-8-11(6-15)13(18)17-7-10(3)4/h8-10,12,16H,5,7H2,1-4H3,(H,17,18)(H,19,20)/b11-8-. The highest BCUT2D eigenvalue weighted by atomic mass is 16.4. The van der Waals surface area contributed by atoms with E-state index < -0.39 is 17.9 Å². The fourth-order valence-corrected chi connectivity index (χ4v) is 1.44. The van der Waals surface area contributed by atoms with Crippen LogP contribution in [0.15, 0.2) is 11.8 Å². The molecule has 1 unspecified atom stereocenters. The molecule has 0 aromatic heterocycles. The normalized spacial score (nSPS) is 12.9. The van der Waals surface area contributed by atoms with E-state index in [0.29, 0.717) is 13.0 Å². The van der Waals surface area contributed by atoms with Crippen molar-refractivity contribution in [3.63, 3.8) is 0 Å². The summed E-state index contributed by atoms with van der Waals surface area (Å²) in [7, 11) is 0. The van der Waals surface area contributed by atoms with Gasteiger partial charge in [0.2, 0.25) is 0 Å². The molecule has 0 radical (unpaired) electrons. The Morgan fingerprint density at radius 2 is 1.85 bits per heavy atom. The van der Waals surface area contributed by atoms with E-state index in [4.69, 9.17) is 10.4 Å². The second-order valence-corrected chi connectivity index (χ2v) is 5.46. The van der Waals surface area contributed by atoms with E-state index in [0.717, 1.165) is 0 Å². The number of nitriles is 1. The van der Waals surface area contributed by atoms with E-state index in [1.807, 2.05) is 27.7 Å². The Kier molecular flexibility index (Phi) is 8.06. The van der Waals surface area contributed by atoms with E-state index >= 15 is 0 Å². The molecule has 0 aromatic carbocycles. The predicted octanol–water partition coefficient (Wildman–Crippen LogP) is 1.25. The molecule has 6 heteroatoms. The second kappa shape index (κ2) is 8.97. The first-order chi connectivity index (χ1) is 9.27. The van der Waals surface area contributed by atoms with Gasteiger partial charge in [-0.15, -0.1) is 0 Å². The molecule has 0 spiro atoms. The number of aliphatic carboxylic acids is 1. The molecule has 0 fully saturated rings. The molecule has 1 amide bonds. The minimum atomic E-state index is -1.00. The van der Waals surface area contributed by atoms with Crippen LogP contribution < -0.4 is 10.6 Å². The number of rotatable bonds is 8. The third-order valence-corrected chi connectivity index (χ3v) is 2.47. The summed E-state index contributed by atoms with van der Waals surface area (Å²) in [5, 5.41) is 23.2. The zero-order chi connectivity index (χ0) is 15.7. The van der Waals surface area contributed by atoms with Crippen molar-refractivity contribution >= 4 is 11.9 Å². The summed E-state index contributed by atoms with van der Waals surface area (Å²) in [4.78, 5) is 22.7. The van der Waals surface area contributed by atoms with Crippen LogP contribution >= 0.6 is 0 Å². The van der Waals surface area contributed by atoms with Crippen LogP contribution in [0, 0.1) is 23.2 Å². The maximum atomic E-state index is 11.7. The predicted molar refractivity (Wildman–Crippen MR) is 75.6 cm³/mol. The number of carboxylic acids is 1. The number of carbonyl (C=O) groups excluding carboxylic acids is 1. The Balaban J connectivity index is 4.67. The van der Waals surface area contributed by atoms with E-state index in [-0.39, 0.29) is 17.4 Å². The zero-order valence-electron chi connectivity index (χ0n) is 12.4. The summed E-state index contributed by atoms with van der Waals surface area (Å²) in [6, 6.07) is 0.958. The fraction of sp³-hybridized carbons (Fsp3) is 0.643. The molecule has 0 saturated heterocycles. The Labute approximate surface area is 119 Å². The molecule has 0 rings (SSSR count). The van der Waals surface area contributed by atoms with Gasteiger partial charge in [0.25, 0.3) is 5.91 Å². The summed E-state index contributed by atoms with van der Waals surface area (Å²) >= 11 is 0. The minimum Gasteiger partial charge on any atom is -0.480 e. The van der Waals surface area contributed by atoms with Gasteiger partial charge in [-0.3, -0.25) is 4.79 Å². The Bertz CT molecular complexity index is 408. The van der Waals surface area contributed by atoms with Crippen LogP contribution in [-0.2, 0) is 9.59 Å². The maximum Gasteiger partial charge on any atom is 0.326 e. The smallest absolute Gasteiger partial charge is 0.326 e. The largest absolute Gasteiger partial charge is 0.480 e. The Hall–Kier alpha value is -2.03. The molecule has 0 saturated carbocycles. The van der Waals surface area contributed by atoms with Crippen molar-refractivity contribution in [1.29, 1.82) is 5.26 Å². The van der Waals surface area contributed by atoms with Gasteiger partial charge >= 0.3 is 5.97 Å². The first-order valence-corrected chi connectivity index (χ1v) is 6.65. The van der Waals surface area contributed by atoms with E-state index in [1.165, 1.54) is 6.20 Å². The van der Waals surface area contributed by atoms with Crippen molar-refractivity contribution in [2.24, 2.45) is 11.8 Å². The topological polar surface area (TPSA) is 102 Å². The van der Waals surface area contributed by atoms with E-state index in [2.05, 4.69) is 10.6 Å². The van der Waals surface area contributed by atoms with Crippen LogP contribution in [-0.4, -0.2) is 29.6 Å². The van der Waals surface area contributed by atoms with Crippen molar-refractivity contribution in [3.05, 3.63) is 11.8 Å². The highest BCUT2D eigenvalue weighted by molar-refractivity contribution is 5.97. The number of nitrogens with one attached hydrogen (secondary N) is 2. The van der Waals surface area contributed by atoms with Crippen molar-refractivity contribution in [1.82, 2.24) is 10.6 Å². The fourth-order valence-electron chi connectivity index (χ4n) is 1.44. The lowest BCUT2D eigenvalue weighted by Gasteiger charge is -2.15. The molecule has 0 heterocycles. The lowest BCUT2D eigenvalue weighted by atomic mass is 10.0. The number of nitrogens with zero attached hydrogens (tertiary/aromatic N) is 1. The number of hydrogen-bond acceptors (Lipinski definition) is 4. The van der Waals surface area contributed by atoms with Gasteiger partial charge in [0.15, 0.2) is 0 Å². The molecular weight excluding hydrogens is 258 g/mol. The minimum absolute atomic E-state index is 0.124. The number of carboxylic acid groups (broad SMARTS) is 1. The molecule has 0 bridgehead atoms. The lowest BCUT2D eigenvalue weighted by Crippen LogP contribution is -2.36. The van der Waals surface area contributed by atoms with Crippen LogP contribution in [0.1, 0.15) is 34.1 Å². The van der Waals surface area contributed by atoms with Gasteiger partial charge in [-0.25, -0.2) is 4.79 Å². The van der Waals surface area contributed by atoms with Gasteiger partial charge in [0, 0.05) is 12.7 Å². The molecule has 6 nitrogen and oxygen atoms in total. The number of carbonyl (C=O) groups is 2. The lowest BCUT2D eigenvalue weighted by molar-refractivity contribution is -0.139. The molecule has 0 aliphatic carbocycles. The molecule has 0 aromatic rings. The quantitative estimate of drug-likeness (QED) is 0.459. The molecule has 112 valence electrons. The van der Waals surface area contributed by atoms with Crippen LogP contribution in [0.3, 0.4) is 0 Å². The molecule has 1 atom stereocenters. The summed E-state index contributed by atoms with van der Waals surface area (Å²) < 4.78 is 0. The second-order valence-electron chi connectivity index (χ2n) is 5.46. The van der Waals surface area contributed by atoms with E-state index in [9.17, 15) is 9.59 Å². The third kappa shape index (κ3) is 7.41. The molecule has 0 aliphatic rings. The van der Waals surface area contributed by atoms with Crippen molar-refractivity contribution in [2.45, 2.75) is 40.2 Å². The van der Waals surface area contributed by atoms with Gasteiger partial charge < -0.3 is 15.7 Å². The van der Waals surface area contributed by atoms with Gasteiger partial charge in [0.1, 0.15) is 17.7 Å². The average Bonchev–Trinajstić information content (AvgIpc) is 2.34. The zero-order valence-corrected chi connectivity index (χ0v) is 12.4. The van der Waals surface area contributed by atoms with Crippen molar-refractivity contribution in [2.75, 3.05) is 6.54 Å². The van der Waals surface area contributed by atoms with Crippen LogP contribution in [0.2, 0.25) is 0 Å². The van der Waals surface area contributed by atoms with Gasteiger partial charge in [-0.1, -0.05) is 27.7 Å². The molecular formula is C14H23N3O3. The molecule has 0 aliphatic heterocycles. The maximum absolute atomic E-state index is 11.7. The molecule has 20 heavy (non-hydrogen) atoms. The first-order valence-electron chi connectivity index (χ1n) is 6.65. The summed E-state index contributed by atoms with van der Waals surface area (Å²) in [5.74, 6) is -1.03. The van der Waals surface area contributed by atoms with Crippen molar-refractivity contribution in [3.8, 4) is 6.07 Å². The van der Waals surface area contributed by atoms with Crippen LogP contribution in [0.4, 0.5) is 0 Å². The van der Waals surface area contributed by atoms with Gasteiger partial charge in [-0.05, 0) is 18.3 Å². The summed E-state index contributed by atoms with van der Waals surface area (Å²) in [5.41, 5.74) is -0.124. The summed E-state index contributed by atoms with van der Waals surface area (Å²) in [6.07, 6.45) is 1.59. The van der Waals surface area contributed by atoms with E-state index in [1.54, 1.807) is 6.07 Å². The highest BCUT2D eigenvalue weighted by Crippen LogP contribution is 2.05. The Morgan fingerprint density at radius 3 is 2.25 bits per heavy atom. The Morgan fingerprint density at radius 1 is 1.25 bits per heavy atom. The van der Waals surface area contributed by atoms with Gasteiger partial charge in [-0.2, -0.15) is 5.26 Å². The summed E-state index contributed by atoms with van der Waals surface area (Å²) in [6.45, 7) is 8.16. The third-order valence-electron chi connectivity index (χ3n) is 2.47. The number of amides is 1. The first kappa shape index (κ1) is 18.0. The van der Waals surface area contributed by atoms with Crippen LogP contribution in [0.5, 0.6) is 0 Å².